The molecule has 3 aromatic rings. The molecule has 162 valence electrons. The normalized spacial score (nSPS) is 16.5. The van der Waals surface area contributed by atoms with Crippen LogP contribution in [0.3, 0.4) is 0 Å². The highest BCUT2D eigenvalue weighted by atomic mass is 35.5. The molecular formula is C23H24ClN3O4. The molecule has 1 fully saturated rings. The van der Waals surface area contributed by atoms with Crippen molar-refractivity contribution in [1.82, 2.24) is 10.3 Å². The molecule has 31 heavy (non-hydrogen) atoms. The van der Waals surface area contributed by atoms with Crippen LogP contribution in [-0.4, -0.2) is 43.7 Å². The first kappa shape index (κ1) is 20.0. The Morgan fingerprint density at radius 2 is 1.97 bits per heavy atom. The van der Waals surface area contributed by atoms with Gasteiger partial charge in [-0.05, 0) is 49.1 Å². The molecule has 7 nitrogen and oxygen atoms in total. The second kappa shape index (κ2) is 8.67. The molecule has 5 rings (SSSR count). The van der Waals surface area contributed by atoms with Crippen molar-refractivity contribution < 1.29 is 18.7 Å². The number of ether oxygens (including phenoxy) is 2. The molecule has 0 unspecified atom stereocenters. The van der Waals surface area contributed by atoms with E-state index in [1.54, 1.807) is 0 Å². The summed E-state index contributed by atoms with van der Waals surface area (Å²) in [4.78, 5) is 19.3. The monoisotopic (exact) mass is 441 g/mol. The lowest BCUT2D eigenvalue weighted by Crippen LogP contribution is -2.41. The van der Waals surface area contributed by atoms with Gasteiger partial charge in [0.25, 0.3) is 6.01 Å². The first-order valence-corrected chi connectivity index (χ1v) is 11.0. The van der Waals surface area contributed by atoms with Gasteiger partial charge >= 0.3 is 0 Å². The Morgan fingerprint density at radius 1 is 1.16 bits per heavy atom. The van der Waals surface area contributed by atoms with Crippen molar-refractivity contribution in [3.8, 4) is 11.5 Å². The Hall–Kier alpha value is -2.93. The number of carbonyl (C=O) groups excluding carboxylic acids is 1. The molecule has 2 aliphatic heterocycles. The summed E-state index contributed by atoms with van der Waals surface area (Å²) in [5.41, 5.74) is 2.66. The standard InChI is InChI=1S/C23H24ClN3O4/c24-17-13-15(14-20-21(17)30-12-11-29-20)5-8-25-22(28)16-6-9-27(10-7-16)23-26-18-3-1-2-4-19(18)31-23/h1-4,13-14,16H,5-12H2,(H,25,28). The molecular weight excluding hydrogens is 418 g/mol. The highest BCUT2D eigenvalue weighted by Gasteiger charge is 2.27. The molecule has 1 amide bonds. The van der Waals surface area contributed by atoms with Crippen LogP contribution in [0.25, 0.3) is 11.1 Å². The van der Waals surface area contributed by atoms with Crippen LogP contribution in [0.5, 0.6) is 11.5 Å². The first-order valence-electron chi connectivity index (χ1n) is 10.6. The minimum Gasteiger partial charge on any atom is -0.486 e. The van der Waals surface area contributed by atoms with E-state index in [4.69, 9.17) is 25.5 Å². The number of benzene rings is 2. The Bertz CT molecular complexity index is 1060. The van der Waals surface area contributed by atoms with Gasteiger partial charge in [0.2, 0.25) is 5.91 Å². The number of piperidine rings is 1. The summed E-state index contributed by atoms with van der Waals surface area (Å²) in [6, 6.07) is 12.2. The van der Waals surface area contributed by atoms with Gasteiger partial charge in [-0.25, -0.2) is 0 Å². The van der Waals surface area contributed by atoms with Crippen molar-refractivity contribution in [3.05, 3.63) is 47.0 Å². The van der Waals surface area contributed by atoms with Gasteiger partial charge in [0.1, 0.15) is 18.7 Å². The Kier molecular flexibility index (Phi) is 5.59. The molecule has 1 aromatic heterocycles. The Labute approximate surface area is 185 Å². The summed E-state index contributed by atoms with van der Waals surface area (Å²) in [6.07, 6.45) is 2.24. The second-order valence-electron chi connectivity index (χ2n) is 7.87. The fourth-order valence-corrected chi connectivity index (χ4v) is 4.40. The highest BCUT2D eigenvalue weighted by molar-refractivity contribution is 6.32. The number of nitrogens with one attached hydrogen (secondary N) is 1. The molecule has 8 heteroatoms. The first-order chi connectivity index (χ1) is 15.2. The van der Waals surface area contributed by atoms with Gasteiger partial charge < -0.3 is 24.1 Å². The summed E-state index contributed by atoms with van der Waals surface area (Å²) in [5.74, 6) is 1.38. The van der Waals surface area contributed by atoms with E-state index in [9.17, 15) is 4.79 Å². The topological polar surface area (TPSA) is 76.8 Å². The Balaban J connectivity index is 1.11. The van der Waals surface area contributed by atoms with E-state index in [1.165, 1.54) is 0 Å². The van der Waals surface area contributed by atoms with Crippen molar-refractivity contribution in [1.29, 1.82) is 0 Å². The molecule has 0 spiro atoms. The van der Waals surface area contributed by atoms with E-state index in [0.717, 1.165) is 42.6 Å². The summed E-state index contributed by atoms with van der Waals surface area (Å²) >= 11 is 6.29. The van der Waals surface area contributed by atoms with Crippen LogP contribution < -0.4 is 19.7 Å². The minimum atomic E-state index is 0.00415. The lowest BCUT2D eigenvalue weighted by atomic mass is 9.96. The molecule has 0 bridgehead atoms. The van der Waals surface area contributed by atoms with Gasteiger partial charge in [-0.15, -0.1) is 0 Å². The van der Waals surface area contributed by atoms with Gasteiger partial charge in [0, 0.05) is 25.6 Å². The fourth-order valence-electron chi connectivity index (χ4n) is 4.11. The van der Waals surface area contributed by atoms with Gasteiger partial charge in [-0.1, -0.05) is 23.7 Å². The van der Waals surface area contributed by atoms with Crippen LogP contribution in [-0.2, 0) is 11.2 Å². The predicted octanol–water partition coefficient (Wildman–Crippen LogP) is 3.83. The summed E-state index contributed by atoms with van der Waals surface area (Å²) in [6.45, 7) is 3.09. The summed E-state index contributed by atoms with van der Waals surface area (Å²) in [7, 11) is 0. The van der Waals surface area contributed by atoms with E-state index >= 15 is 0 Å². The number of hydrogen-bond donors (Lipinski definition) is 1. The van der Waals surface area contributed by atoms with Gasteiger partial charge in [-0.2, -0.15) is 4.98 Å². The van der Waals surface area contributed by atoms with Crippen LogP contribution in [0.4, 0.5) is 6.01 Å². The van der Waals surface area contributed by atoms with Crippen molar-refractivity contribution in [2.75, 3.05) is 37.7 Å². The number of para-hydroxylation sites is 2. The highest BCUT2D eigenvalue weighted by Crippen LogP contribution is 2.38. The predicted molar refractivity (Wildman–Crippen MR) is 118 cm³/mol. The molecule has 0 atom stereocenters. The molecule has 3 heterocycles. The maximum absolute atomic E-state index is 12.6. The SMILES string of the molecule is O=C(NCCc1cc(Cl)c2c(c1)OCCO2)C1CCN(c2nc3ccccc3o2)CC1. The summed E-state index contributed by atoms with van der Waals surface area (Å²) in [5, 5.41) is 3.61. The number of hydrogen-bond acceptors (Lipinski definition) is 6. The third kappa shape index (κ3) is 4.28. The zero-order valence-corrected chi connectivity index (χ0v) is 17.9. The maximum Gasteiger partial charge on any atom is 0.298 e. The molecule has 1 N–H and O–H groups in total. The molecule has 2 aromatic carbocycles. The third-order valence-corrected chi connectivity index (χ3v) is 6.07. The number of aromatic nitrogens is 1. The fraction of sp³-hybridized carbons (Fsp3) is 0.391. The quantitative estimate of drug-likeness (QED) is 0.648. The van der Waals surface area contributed by atoms with E-state index in [2.05, 4.69) is 15.2 Å². The second-order valence-corrected chi connectivity index (χ2v) is 8.28. The van der Waals surface area contributed by atoms with E-state index in [0.29, 0.717) is 48.7 Å². The molecule has 1 saturated heterocycles. The number of rotatable bonds is 5. The van der Waals surface area contributed by atoms with Crippen LogP contribution in [0, 0.1) is 5.92 Å². The maximum atomic E-state index is 12.6. The van der Waals surface area contributed by atoms with E-state index < -0.39 is 0 Å². The number of fused-ring (bicyclic) bond motifs is 2. The zero-order chi connectivity index (χ0) is 21.2. The number of nitrogens with zero attached hydrogens (tertiary/aromatic N) is 2. The average Bonchev–Trinajstić information content (AvgIpc) is 3.23. The number of amides is 1. The van der Waals surface area contributed by atoms with Gasteiger partial charge in [0.15, 0.2) is 17.1 Å². The van der Waals surface area contributed by atoms with Crippen molar-refractivity contribution >= 4 is 34.6 Å². The number of carbonyl (C=O) groups is 1. The van der Waals surface area contributed by atoms with Crippen LogP contribution in [0.15, 0.2) is 40.8 Å². The minimum absolute atomic E-state index is 0.00415. The van der Waals surface area contributed by atoms with Crippen LogP contribution >= 0.6 is 11.6 Å². The lowest BCUT2D eigenvalue weighted by Gasteiger charge is -2.30. The van der Waals surface area contributed by atoms with Gasteiger partial charge in [-0.3, -0.25) is 4.79 Å². The molecule has 0 radical (unpaired) electrons. The van der Waals surface area contributed by atoms with Crippen molar-refractivity contribution in [2.45, 2.75) is 19.3 Å². The van der Waals surface area contributed by atoms with Crippen molar-refractivity contribution in [3.63, 3.8) is 0 Å². The molecule has 0 saturated carbocycles. The zero-order valence-electron chi connectivity index (χ0n) is 17.1. The molecule has 0 aliphatic carbocycles. The van der Waals surface area contributed by atoms with E-state index in [-0.39, 0.29) is 11.8 Å². The Morgan fingerprint density at radius 3 is 2.81 bits per heavy atom. The van der Waals surface area contributed by atoms with Gasteiger partial charge in [0.05, 0.1) is 5.02 Å². The number of halogens is 1. The average molecular weight is 442 g/mol. The number of anilines is 1. The number of oxazole rings is 1. The van der Waals surface area contributed by atoms with Crippen LogP contribution in [0.2, 0.25) is 5.02 Å². The third-order valence-electron chi connectivity index (χ3n) is 5.79. The smallest absolute Gasteiger partial charge is 0.298 e. The largest absolute Gasteiger partial charge is 0.486 e. The van der Waals surface area contributed by atoms with Crippen molar-refractivity contribution in [2.24, 2.45) is 5.92 Å². The van der Waals surface area contributed by atoms with E-state index in [1.807, 2.05) is 36.4 Å². The van der Waals surface area contributed by atoms with Crippen LogP contribution in [0.1, 0.15) is 18.4 Å². The molecule has 2 aliphatic rings. The summed E-state index contributed by atoms with van der Waals surface area (Å²) < 4.78 is 17.0. The lowest BCUT2D eigenvalue weighted by molar-refractivity contribution is -0.125.